The first-order valence-corrected chi connectivity index (χ1v) is 5.74. The summed E-state index contributed by atoms with van der Waals surface area (Å²) in [6.45, 7) is 5.15. The summed E-state index contributed by atoms with van der Waals surface area (Å²) in [6, 6.07) is 1.11. The third-order valence-electron chi connectivity index (χ3n) is 4.33. The number of hydrogen-bond acceptors (Lipinski definition) is 3. The van der Waals surface area contributed by atoms with Crippen LogP contribution >= 0.6 is 0 Å². The van der Waals surface area contributed by atoms with Gasteiger partial charge in [-0.3, -0.25) is 0 Å². The Bertz CT molecular complexity index is 201. The van der Waals surface area contributed by atoms with E-state index in [1.54, 1.807) is 0 Å². The van der Waals surface area contributed by atoms with Crippen LogP contribution in [0.5, 0.6) is 0 Å². The van der Waals surface area contributed by atoms with Gasteiger partial charge in [0.15, 0.2) is 0 Å². The largest absolute Gasteiger partial charge is 0.381 e. The van der Waals surface area contributed by atoms with Gasteiger partial charge in [-0.25, -0.2) is 0 Å². The molecule has 14 heavy (non-hydrogen) atoms. The van der Waals surface area contributed by atoms with E-state index in [9.17, 15) is 0 Å². The summed E-state index contributed by atoms with van der Waals surface area (Å²) in [6.07, 6.45) is 3.48. The van der Waals surface area contributed by atoms with Crippen molar-refractivity contribution in [2.75, 3.05) is 26.8 Å². The second-order valence-electron chi connectivity index (χ2n) is 4.78. The minimum Gasteiger partial charge on any atom is -0.381 e. The van der Waals surface area contributed by atoms with Crippen LogP contribution in [0.15, 0.2) is 0 Å². The number of nitrogens with zero attached hydrogens (tertiary/aromatic N) is 1. The minimum absolute atomic E-state index is 0.378. The smallest absolute Gasteiger partial charge is 0.0472 e. The van der Waals surface area contributed by atoms with Crippen molar-refractivity contribution < 1.29 is 4.74 Å². The van der Waals surface area contributed by atoms with Crippen molar-refractivity contribution in [2.24, 2.45) is 11.1 Å². The summed E-state index contributed by atoms with van der Waals surface area (Å²) < 4.78 is 5.44. The van der Waals surface area contributed by atoms with Crippen LogP contribution in [0.1, 0.15) is 26.2 Å². The molecule has 0 radical (unpaired) electrons. The molecule has 1 heterocycles. The lowest BCUT2D eigenvalue weighted by Gasteiger charge is -2.59. The van der Waals surface area contributed by atoms with Gasteiger partial charge >= 0.3 is 0 Å². The first-order valence-electron chi connectivity index (χ1n) is 5.74. The van der Waals surface area contributed by atoms with Crippen LogP contribution in [0.2, 0.25) is 0 Å². The van der Waals surface area contributed by atoms with Crippen LogP contribution in [-0.4, -0.2) is 43.8 Å². The maximum absolute atomic E-state index is 6.19. The predicted molar refractivity (Wildman–Crippen MR) is 57.2 cm³/mol. The Morgan fingerprint density at radius 3 is 2.57 bits per heavy atom. The molecule has 82 valence electrons. The van der Waals surface area contributed by atoms with E-state index >= 15 is 0 Å². The van der Waals surface area contributed by atoms with Gasteiger partial charge in [-0.2, -0.15) is 0 Å². The number of ether oxygens (including phenoxy) is 1. The summed E-state index contributed by atoms with van der Waals surface area (Å²) in [7, 11) is 2.22. The van der Waals surface area contributed by atoms with Gasteiger partial charge in [0, 0.05) is 30.7 Å². The van der Waals surface area contributed by atoms with Gasteiger partial charge in [0.2, 0.25) is 0 Å². The predicted octanol–water partition coefficient (Wildman–Crippen LogP) is 0.834. The van der Waals surface area contributed by atoms with Crippen LogP contribution in [0.25, 0.3) is 0 Å². The Hall–Kier alpha value is -0.120. The van der Waals surface area contributed by atoms with Gasteiger partial charge in [0.25, 0.3) is 0 Å². The summed E-state index contributed by atoms with van der Waals surface area (Å²) in [5.41, 5.74) is 6.57. The Morgan fingerprint density at radius 1 is 1.43 bits per heavy atom. The lowest BCUT2D eigenvalue weighted by molar-refractivity contribution is -0.106. The zero-order chi connectivity index (χ0) is 10.2. The van der Waals surface area contributed by atoms with E-state index in [1.165, 1.54) is 6.42 Å². The molecule has 1 saturated heterocycles. The molecule has 0 aromatic rings. The van der Waals surface area contributed by atoms with Gasteiger partial charge < -0.3 is 15.4 Å². The molecule has 3 nitrogen and oxygen atoms in total. The highest BCUT2D eigenvalue weighted by Gasteiger charge is 2.54. The zero-order valence-corrected chi connectivity index (χ0v) is 9.33. The van der Waals surface area contributed by atoms with Crippen molar-refractivity contribution in [3.8, 4) is 0 Å². The molecule has 2 unspecified atom stereocenters. The second-order valence-corrected chi connectivity index (χ2v) is 4.78. The van der Waals surface area contributed by atoms with E-state index in [2.05, 4.69) is 18.9 Å². The highest BCUT2D eigenvalue weighted by atomic mass is 16.5. The zero-order valence-electron chi connectivity index (χ0n) is 9.33. The molecule has 3 heteroatoms. The van der Waals surface area contributed by atoms with Crippen LogP contribution < -0.4 is 5.73 Å². The number of nitrogens with two attached hydrogens (primary N) is 1. The van der Waals surface area contributed by atoms with E-state index in [-0.39, 0.29) is 0 Å². The van der Waals surface area contributed by atoms with Gasteiger partial charge in [0.1, 0.15) is 0 Å². The molecular formula is C11H22N2O. The fraction of sp³-hybridized carbons (Fsp3) is 1.00. The molecule has 1 spiro atoms. The third kappa shape index (κ3) is 1.38. The van der Waals surface area contributed by atoms with Crippen molar-refractivity contribution in [1.29, 1.82) is 0 Å². The van der Waals surface area contributed by atoms with E-state index in [0.717, 1.165) is 32.6 Å². The van der Waals surface area contributed by atoms with Crippen LogP contribution in [0, 0.1) is 5.41 Å². The van der Waals surface area contributed by atoms with Gasteiger partial charge in [0.05, 0.1) is 0 Å². The minimum atomic E-state index is 0.378. The lowest BCUT2D eigenvalue weighted by Crippen LogP contribution is -2.68. The summed E-state index contributed by atoms with van der Waals surface area (Å²) in [5, 5.41) is 0. The average molecular weight is 198 g/mol. The molecule has 1 saturated carbocycles. The van der Waals surface area contributed by atoms with Crippen molar-refractivity contribution in [3.05, 3.63) is 0 Å². The summed E-state index contributed by atoms with van der Waals surface area (Å²) >= 11 is 0. The van der Waals surface area contributed by atoms with Crippen LogP contribution in [-0.2, 0) is 4.74 Å². The van der Waals surface area contributed by atoms with E-state index in [0.29, 0.717) is 17.5 Å². The average Bonchev–Trinajstić information content (AvgIpc) is 2.26. The molecule has 0 bridgehead atoms. The Morgan fingerprint density at radius 2 is 2.07 bits per heavy atom. The SMILES string of the molecule is CCN(C)C1CC(N)C12CCOCC2. The van der Waals surface area contributed by atoms with Crippen molar-refractivity contribution in [1.82, 2.24) is 4.90 Å². The Balaban J connectivity index is 2.06. The monoisotopic (exact) mass is 198 g/mol. The number of rotatable bonds is 2. The molecule has 2 N–H and O–H groups in total. The highest BCUT2D eigenvalue weighted by Crippen LogP contribution is 2.49. The van der Waals surface area contributed by atoms with Crippen LogP contribution in [0.3, 0.4) is 0 Å². The standard InChI is InChI=1S/C11H22N2O/c1-3-13(2)10-8-9(12)11(10)4-6-14-7-5-11/h9-10H,3-8,12H2,1-2H3. The molecule has 0 amide bonds. The summed E-state index contributed by atoms with van der Waals surface area (Å²) in [4.78, 5) is 2.45. The molecule has 0 aromatic heterocycles. The maximum Gasteiger partial charge on any atom is 0.0472 e. The first kappa shape index (κ1) is 10.4. The normalized spacial score (nSPS) is 36.0. The molecule has 1 aliphatic heterocycles. The highest BCUT2D eigenvalue weighted by molar-refractivity contribution is 5.10. The fourth-order valence-electron chi connectivity index (χ4n) is 3.09. The van der Waals surface area contributed by atoms with Crippen molar-refractivity contribution >= 4 is 0 Å². The second kappa shape index (κ2) is 3.80. The first-order chi connectivity index (χ1) is 6.70. The molecule has 2 rings (SSSR count). The lowest BCUT2D eigenvalue weighted by atomic mass is 9.56. The van der Waals surface area contributed by atoms with E-state index in [4.69, 9.17) is 10.5 Å². The quantitative estimate of drug-likeness (QED) is 0.714. The maximum atomic E-state index is 6.19. The molecule has 2 atom stereocenters. The fourth-order valence-corrected chi connectivity index (χ4v) is 3.09. The van der Waals surface area contributed by atoms with Crippen molar-refractivity contribution in [3.63, 3.8) is 0 Å². The molecular weight excluding hydrogens is 176 g/mol. The van der Waals surface area contributed by atoms with Gasteiger partial charge in [-0.1, -0.05) is 6.92 Å². The number of hydrogen-bond donors (Lipinski definition) is 1. The van der Waals surface area contributed by atoms with Gasteiger partial charge in [-0.15, -0.1) is 0 Å². The molecule has 1 aliphatic carbocycles. The molecule has 2 fully saturated rings. The van der Waals surface area contributed by atoms with E-state index in [1.807, 2.05) is 0 Å². The molecule has 0 aromatic carbocycles. The van der Waals surface area contributed by atoms with Crippen molar-refractivity contribution in [2.45, 2.75) is 38.3 Å². The Labute approximate surface area is 86.6 Å². The molecule has 2 aliphatic rings. The van der Waals surface area contributed by atoms with Crippen LogP contribution in [0.4, 0.5) is 0 Å². The topological polar surface area (TPSA) is 38.5 Å². The van der Waals surface area contributed by atoms with E-state index < -0.39 is 0 Å². The summed E-state index contributed by atoms with van der Waals surface area (Å²) in [5.74, 6) is 0. The Kier molecular flexibility index (Phi) is 2.82. The van der Waals surface area contributed by atoms with Gasteiger partial charge in [-0.05, 0) is 32.9 Å². The third-order valence-corrected chi connectivity index (χ3v) is 4.33.